The fourth-order valence-corrected chi connectivity index (χ4v) is 6.59. The Morgan fingerprint density at radius 1 is 0.367 bits per heavy atom. The summed E-state index contributed by atoms with van der Waals surface area (Å²) in [5, 5.41) is 0. The van der Waals surface area contributed by atoms with Gasteiger partial charge in [0.2, 0.25) is 0 Å². The summed E-state index contributed by atoms with van der Waals surface area (Å²) < 4.78 is 16.7. The maximum atomic E-state index is 12.8. The molecular weight excluding hydrogens is 745 g/mol. The van der Waals surface area contributed by atoms with Crippen molar-refractivity contribution in [1.82, 2.24) is 0 Å². The quantitative estimate of drug-likeness (QED) is 0.0200. The summed E-state index contributed by atoms with van der Waals surface area (Å²) in [4.78, 5) is 37.8. The maximum absolute atomic E-state index is 12.8. The van der Waals surface area contributed by atoms with Crippen LogP contribution >= 0.6 is 0 Å². The number of hydrogen-bond acceptors (Lipinski definition) is 6. The van der Waals surface area contributed by atoms with Gasteiger partial charge in [0, 0.05) is 19.3 Å². The lowest BCUT2D eigenvalue weighted by molar-refractivity contribution is -0.167. The monoisotopic (exact) mass is 835 g/mol. The second-order valence-corrected chi connectivity index (χ2v) is 16.1. The minimum atomic E-state index is -0.806. The van der Waals surface area contributed by atoms with Crippen LogP contribution in [0.15, 0.2) is 85.1 Å². The highest BCUT2D eigenvalue weighted by Crippen LogP contribution is 2.15. The predicted octanol–water partition coefficient (Wildman–Crippen LogP) is 16.0. The zero-order valence-electron chi connectivity index (χ0n) is 38.9. The van der Waals surface area contributed by atoms with E-state index in [9.17, 15) is 14.4 Å². The fraction of sp³-hybridized carbons (Fsp3) is 0.685. The van der Waals surface area contributed by atoms with Gasteiger partial charge < -0.3 is 14.2 Å². The molecule has 342 valence electrons. The summed E-state index contributed by atoms with van der Waals surface area (Å²) in [6.07, 6.45) is 61.5. The first-order chi connectivity index (χ1) is 29.5. The van der Waals surface area contributed by atoms with Gasteiger partial charge in [0.15, 0.2) is 6.10 Å². The van der Waals surface area contributed by atoms with Crippen molar-refractivity contribution in [3.8, 4) is 0 Å². The Labute approximate surface area is 369 Å². The topological polar surface area (TPSA) is 78.9 Å². The maximum Gasteiger partial charge on any atom is 0.306 e. The van der Waals surface area contributed by atoms with E-state index >= 15 is 0 Å². The molecule has 0 saturated carbocycles. The van der Waals surface area contributed by atoms with Gasteiger partial charge in [-0.3, -0.25) is 14.4 Å². The Morgan fingerprint density at radius 2 is 0.750 bits per heavy atom. The number of esters is 3. The average Bonchev–Trinajstić information content (AvgIpc) is 3.24. The molecule has 6 heteroatoms. The normalized spacial score (nSPS) is 12.8. The lowest BCUT2D eigenvalue weighted by atomic mass is 10.0. The average molecular weight is 835 g/mol. The van der Waals surface area contributed by atoms with E-state index in [-0.39, 0.29) is 37.5 Å². The Kier molecular flexibility index (Phi) is 45.5. The summed E-state index contributed by atoms with van der Waals surface area (Å²) in [6, 6.07) is 0. The first-order valence-electron chi connectivity index (χ1n) is 24.6. The third-order valence-corrected chi connectivity index (χ3v) is 10.2. The van der Waals surface area contributed by atoms with Crippen molar-refractivity contribution in [2.24, 2.45) is 0 Å². The van der Waals surface area contributed by atoms with Gasteiger partial charge in [-0.15, -0.1) is 0 Å². The SMILES string of the molecule is CC\C=C/C=C\C=C/C=C\CCCCCCCC(=O)OC(COC(=O)CCC/C=C\C/C=C\C/C=C\CC)COC(=O)CCCCCCCCCCCCCCCCCC. The third kappa shape index (κ3) is 45.7. The number of ether oxygens (including phenoxy) is 3. The number of rotatable bonds is 43. The first-order valence-corrected chi connectivity index (χ1v) is 24.6. The number of allylic oxidation sites excluding steroid dienone is 14. The van der Waals surface area contributed by atoms with Gasteiger partial charge >= 0.3 is 17.9 Å². The lowest BCUT2D eigenvalue weighted by Gasteiger charge is -2.18. The molecule has 0 bridgehead atoms. The molecule has 0 amide bonds. The van der Waals surface area contributed by atoms with Crippen molar-refractivity contribution in [2.75, 3.05) is 13.2 Å². The highest BCUT2D eigenvalue weighted by molar-refractivity contribution is 5.71. The molecule has 0 spiro atoms. The van der Waals surface area contributed by atoms with Crippen LogP contribution in [0.1, 0.15) is 220 Å². The highest BCUT2D eigenvalue weighted by Gasteiger charge is 2.19. The predicted molar refractivity (Wildman–Crippen MR) is 256 cm³/mol. The molecule has 0 aromatic carbocycles. The second-order valence-electron chi connectivity index (χ2n) is 16.1. The molecule has 0 aromatic rings. The van der Waals surface area contributed by atoms with Crippen LogP contribution in [-0.2, 0) is 28.6 Å². The van der Waals surface area contributed by atoms with E-state index in [1.165, 1.54) is 83.5 Å². The minimum Gasteiger partial charge on any atom is -0.462 e. The minimum absolute atomic E-state index is 0.101. The molecule has 0 rings (SSSR count). The Hall–Kier alpha value is -3.41. The van der Waals surface area contributed by atoms with Crippen LogP contribution in [0.25, 0.3) is 0 Å². The van der Waals surface area contributed by atoms with E-state index in [0.29, 0.717) is 19.3 Å². The second kappa shape index (κ2) is 48.3. The van der Waals surface area contributed by atoms with E-state index in [1.807, 2.05) is 24.3 Å². The van der Waals surface area contributed by atoms with Crippen molar-refractivity contribution in [1.29, 1.82) is 0 Å². The summed E-state index contributed by atoms with van der Waals surface area (Å²) in [5.41, 5.74) is 0. The van der Waals surface area contributed by atoms with Crippen LogP contribution in [-0.4, -0.2) is 37.2 Å². The third-order valence-electron chi connectivity index (χ3n) is 10.2. The van der Waals surface area contributed by atoms with Crippen molar-refractivity contribution < 1.29 is 28.6 Å². The molecule has 6 nitrogen and oxygen atoms in total. The highest BCUT2D eigenvalue weighted by atomic mass is 16.6. The summed E-state index contributed by atoms with van der Waals surface area (Å²) >= 11 is 0. The van der Waals surface area contributed by atoms with Gasteiger partial charge in [-0.25, -0.2) is 0 Å². The Morgan fingerprint density at radius 3 is 1.27 bits per heavy atom. The zero-order valence-corrected chi connectivity index (χ0v) is 38.9. The fourth-order valence-electron chi connectivity index (χ4n) is 6.59. The number of hydrogen-bond donors (Lipinski definition) is 0. The molecule has 0 heterocycles. The van der Waals surface area contributed by atoms with Crippen LogP contribution in [0.3, 0.4) is 0 Å². The van der Waals surface area contributed by atoms with Crippen molar-refractivity contribution >= 4 is 17.9 Å². The number of unbranched alkanes of at least 4 members (excludes halogenated alkanes) is 21. The molecule has 0 radical (unpaired) electrons. The van der Waals surface area contributed by atoms with Crippen LogP contribution in [0, 0.1) is 0 Å². The molecule has 0 fully saturated rings. The smallest absolute Gasteiger partial charge is 0.306 e. The van der Waals surface area contributed by atoms with Crippen LogP contribution in [0.2, 0.25) is 0 Å². The van der Waals surface area contributed by atoms with E-state index in [2.05, 4.69) is 81.5 Å². The van der Waals surface area contributed by atoms with E-state index in [0.717, 1.165) is 89.9 Å². The standard InChI is InChI=1S/C54H90O6/c1-4-7-10-13-16-19-22-24-26-28-29-32-35-38-41-44-47-53(56)59-50-51(49-58-52(55)46-43-40-37-34-31-21-18-15-12-9-6-3)60-54(57)48-45-42-39-36-33-30-27-25-23-20-17-14-11-8-5-2/h8-9,11-12,14,17-18,20-21,23,25,27,34,37,51H,4-7,10,13,15-16,19,22,24,26,28-33,35-36,38-50H2,1-3H3/b11-8-,12-9-,17-14-,21-18-,23-20-,27-25-,37-34-. The molecule has 1 unspecified atom stereocenters. The number of carbonyl (C=O) groups is 3. The largest absolute Gasteiger partial charge is 0.462 e. The van der Waals surface area contributed by atoms with Crippen molar-refractivity contribution in [3.05, 3.63) is 85.1 Å². The first kappa shape index (κ1) is 56.6. The molecule has 0 aromatic heterocycles. The van der Waals surface area contributed by atoms with Gasteiger partial charge in [0.05, 0.1) is 0 Å². The lowest BCUT2D eigenvalue weighted by Crippen LogP contribution is -2.30. The van der Waals surface area contributed by atoms with Gasteiger partial charge in [-0.05, 0) is 64.2 Å². The Balaban J connectivity index is 4.45. The van der Waals surface area contributed by atoms with Gasteiger partial charge in [-0.1, -0.05) is 221 Å². The molecule has 60 heavy (non-hydrogen) atoms. The Bertz CT molecular complexity index is 1190. The molecular formula is C54H90O6. The van der Waals surface area contributed by atoms with Crippen LogP contribution in [0.4, 0.5) is 0 Å². The summed E-state index contributed by atoms with van der Waals surface area (Å²) in [5.74, 6) is -0.983. The molecule has 0 aliphatic rings. The van der Waals surface area contributed by atoms with E-state index in [4.69, 9.17) is 14.2 Å². The van der Waals surface area contributed by atoms with Crippen molar-refractivity contribution in [2.45, 2.75) is 226 Å². The molecule has 0 aliphatic carbocycles. The van der Waals surface area contributed by atoms with Crippen LogP contribution < -0.4 is 0 Å². The van der Waals surface area contributed by atoms with Gasteiger partial charge in [0.1, 0.15) is 13.2 Å². The van der Waals surface area contributed by atoms with Crippen molar-refractivity contribution in [3.63, 3.8) is 0 Å². The van der Waals surface area contributed by atoms with Gasteiger partial charge in [-0.2, -0.15) is 0 Å². The van der Waals surface area contributed by atoms with Gasteiger partial charge in [0.25, 0.3) is 0 Å². The van der Waals surface area contributed by atoms with E-state index in [1.54, 1.807) is 0 Å². The molecule has 0 aliphatic heterocycles. The zero-order chi connectivity index (χ0) is 43.7. The molecule has 0 saturated heterocycles. The molecule has 1 atom stereocenters. The van der Waals surface area contributed by atoms with Crippen LogP contribution in [0.5, 0.6) is 0 Å². The summed E-state index contributed by atoms with van der Waals surface area (Å²) in [7, 11) is 0. The molecule has 0 N–H and O–H groups in total. The summed E-state index contributed by atoms with van der Waals surface area (Å²) in [6.45, 7) is 6.31. The number of carbonyl (C=O) groups excluding carboxylic acids is 3. The van der Waals surface area contributed by atoms with E-state index < -0.39 is 6.10 Å².